The number of hydrogen-bond donors (Lipinski definition) is 0. The van der Waals surface area contributed by atoms with Crippen molar-refractivity contribution in [3.8, 4) is 5.75 Å². The summed E-state index contributed by atoms with van der Waals surface area (Å²) in [5.74, 6) is 0.234. The van der Waals surface area contributed by atoms with Crippen LogP contribution in [0.25, 0.3) is 24.0 Å². The number of hydrogen-bond acceptors (Lipinski definition) is 3. The van der Waals surface area contributed by atoms with Crippen molar-refractivity contribution in [1.82, 2.24) is 4.90 Å². The van der Waals surface area contributed by atoms with Crippen molar-refractivity contribution in [2.45, 2.75) is 0 Å². The van der Waals surface area contributed by atoms with Crippen LogP contribution in [-0.4, -0.2) is 17.4 Å². The van der Waals surface area contributed by atoms with Crippen LogP contribution in [0.15, 0.2) is 72.8 Å². The second-order valence-electron chi connectivity index (χ2n) is 6.62. The molecule has 0 bridgehead atoms. The van der Waals surface area contributed by atoms with Gasteiger partial charge in [-0.05, 0) is 34.7 Å². The van der Waals surface area contributed by atoms with Gasteiger partial charge in [-0.25, -0.2) is 4.79 Å². The Morgan fingerprint density at radius 2 is 1.63 bits per heavy atom. The minimum atomic E-state index is -0.345. The van der Waals surface area contributed by atoms with E-state index in [9.17, 15) is 4.79 Å². The first kappa shape index (κ1) is 15.6. The first-order valence-electron chi connectivity index (χ1n) is 8.96. The second-order valence-corrected chi connectivity index (χ2v) is 6.62. The Kier molecular flexibility index (Phi) is 3.65. The Bertz CT molecular complexity index is 1290. The predicted octanol–water partition coefficient (Wildman–Crippen LogP) is 1.34. The zero-order valence-electron chi connectivity index (χ0n) is 14.6. The highest BCUT2D eigenvalue weighted by atomic mass is 16.5. The van der Waals surface area contributed by atoms with Crippen LogP contribution in [0.1, 0.15) is 10.4 Å². The van der Waals surface area contributed by atoms with Gasteiger partial charge in [0.05, 0.1) is 5.56 Å². The average molecular weight is 351 g/mol. The fraction of sp³-hybridized carbons (Fsp3) is 0.0417. The maximum atomic E-state index is 12.5. The summed E-state index contributed by atoms with van der Waals surface area (Å²) in [6.07, 6.45) is 6.46. The Labute approximate surface area is 156 Å². The first-order valence-corrected chi connectivity index (χ1v) is 8.96. The molecule has 2 aliphatic heterocycles. The van der Waals surface area contributed by atoms with Crippen LogP contribution in [0.2, 0.25) is 0 Å². The van der Waals surface area contributed by atoms with Crippen LogP contribution in [0.4, 0.5) is 0 Å². The molecule has 0 N–H and O–H groups in total. The summed E-state index contributed by atoms with van der Waals surface area (Å²) in [4.78, 5) is 14.7. The lowest BCUT2D eigenvalue weighted by Gasteiger charge is -2.26. The Hall–Kier alpha value is -3.59. The van der Waals surface area contributed by atoms with Crippen LogP contribution in [-0.2, 0) is 0 Å². The molecule has 0 amide bonds. The Morgan fingerprint density at radius 3 is 2.52 bits per heavy atom. The molecule has 0 aliphatic carbocycles. The van der Waals surface area contributed by atoms with Gasteiger partial charge in [0.15, 0.2) is 0 Å². The highest BCUT2D eigenvalue weighted by molar-refractivity contribution is 5.91. The number of nitrogens with zero attached hydrogens (tertiary/aromatic N) is 1. The van der Waals surface area contributed by atoms with Crippen LogP contribution < -0.4 is 25.6 Å². The minimum Gasteiger partial charge on any atom is -0.422 e. The largest absolute Gasteiger partial charge is 0.422 e. The van der Waals surface area contributed by atoms with E-state index in [1.54, 1.807) is 12.1 Å². The van der Waals surface area contributed by atoms with E-state index in [-0.39, 0.29) is 5.97 Å². The van der Waals surface area contributed by atoms with Crippen LogP contribution in [0, 0.1) is 0 Å². The van der Waals surface area contributed by atoms with Gasteiger partial charge in [-0.15, -0.1) is 0 Å². The molecule has 3 heteroatoms. The summed E-state index contributed by atoms with van der Waals surface area (Å²) in [6, 6.07) is 23.3. The number of fused-ring (bicyclic) bond motifs is 3. The van der Waals surface area contributed by atoms with Gasteiger partial charge in [0.25, 0.3) is 0 Å². The van der Waals surface area contributed by atoms with E-state index in [0.717, 1.165) is 17.0 Å². The molecular weight excluding hydrogens is 334 g/mol. The molecular formula is C24H17NO2. The van der Waals surface area contributed by atoms with Crippen molar-refractivity contribution in [2.24, 2.45) is 0 Å². The molecule has 0 saturated carbocycles. The van der Waals surface area contributed by atoms with E-state index in [1.807, 2.05) is 30.3 Å². The molecule has 0 spiro atoms. The molecule has 3 aromatic carbocycles. The maximum absolute atomic E-state index is 12.5. The quantitative estimate of drug-likeness (QED) is 0.516. The van der Waals surface area contributed by atoms with E-state index >= 15 is 0 Å². The van der Waals surface area contributed by atoms with Crippen LogP contribution >= 0.6 is 0 Å². The number of carbonyl (C=O) groups is 1. The van der Waals surface area contributed by atoms with Crippen molar-refractivity contribution in [3.05, 3.63) is 99.2 Å². The number of carbonyl (C=O) groups excluding carboxylic acids is 1. The van der Waals surface area contributed by atoms with Gasteiger partial charge in [-0.2, -0.15) is 0 Å². The first-order chi connectivity index (χ1) is 13.3. The summed E-state index contributed by atoms with van der Waals surface area (Å²) in [5, 5.41) is 4.45. The molecule has 0 saturated heterocycles. The van der Waals surface area contributed by atoms with Crippen LogP contribution in [0.3, 0.4) is 0 Å². The lowest BCUT2D eigenvalue weighted by Crippen LogP contribution is -2.43. The molecule has 0 aromatic heterocycles. The fourth-order valence-electron chi connectivity index (χ4n) is 3.59. The third kappa shape index (κ3) is 2.74. The Morgan fingerprint density at radius 1 is 0.852 bits per heavy atom. The van der Waals surface area contributed by atoms with Gasteiger partial charge in [0.1, 0.15) is 5.75 Å². The monoisotopic (exact) mass is 351 g/mol. The van der Waals surface area contributed by atoms with Crippen LogP contribution in [0.5, 0.6) is 5.75 Å². The fourth-order valence-corrected chi connectivity index (χ4v) is 3.59. The smallest absolute Gasteiger partial charge is 0.343 e. The molecule has 0 radical (unpaired) electrons. The van der Waals surface area contributed by atoms with Crippen molar-refractivity contribution in [3.63, 3.8) is 0 Å². The number of rotatable bonds is 2. The lowest BCUT2D eigenvalue weighted by molar-refractivity contribution is 0.0733. The van der Waals surface area contributed by atoms with Gasteiger partial charge < -0.3 is 9.64 Å². The van der Waals surface area contributed by atoms with Crippen molar-refractivity contribution >= 4 is 30.0 Å². The molecule has 0 unspecified atom stereocenters. The molecule has 5 rings (SSSR count). The SMILES string of the molecule is O=C(Oc1cccc2c1=CN1CC=c3ccccc3=C1C=2)c1ccccc1. The van der Waals surface area contributed by atoms with E-state index in [4.69, 9.17) is 4.74 Å². The van der Waals surface area contributed by atoms with E-state index in [2.05, 4.69) is 53.6 Å². The zero-order valence-corrected chi connectivity index (χ0v) is 14.6. The zero-order chi connectivity index (χ0) is 18.2. The Balaban J connectivity index is 1.63. The summed E-state index contributed by atoms with van der Waals surface area (Å²) in [7, 11) is 0. The van der Waals surface area contributed by atoms with Crippen molar-refractivity contribution < 1.29 is 9.53 Å². The molecule has 27 heavy (non-hydrogen) atoms. The van der Waals surface area contributed by atoms with E-state index in [1.165, 1.54) is 16.1 Å². The highest BCUT2D eigenvalue weighted by Crippen LogP contribution is 2.14. The van der Waals surface area contributed by atoms with Gasteiger partial charge in [0.2, 0.25) is 0 Å². The standard InChI is InChI=1S/C24H17NO2/c26-24(18-8-2-1-3-9-18)27-23-12-6-10-19-15-22-20-11-5-4-7-17(20)13-14-25(22)16-21(19)23/h1-13,15-16H,14H2. The van der Waals surface area contributed by atoms with Gasteiger partial charge in [-0.1, -0.05) is 60.7 Å². The topological polar surface area (TPSA) is 29.5 Å². The molecule has 2 heterocycles. The van der Waals surface area contributed by atoms with Gasteiger partial charge in [-0.3, -0.25) is 0 Å². The number of benzene rings is 3. The minimum absolute atomic E-state index is 0.345. The second kappa shape index (κ2) is 6.29. The summed E-state index contributed by atoms with van der Waals surface area (Å²) in [6.45, 7) is 0.795. The van der Waals surface area contributed by atoms with Crippen molar-refractivity contribution in [2.75, 3.05) is 6.54 Å². The van der Waals surface area contributed by atoms with Gasteiger partial charge in [0, 0.05) is 28.9 Å². The average Bonchev–Trinajstić information content (AvgIpc) is 2.73. The van der Waals surface area contributed by atoms with Gasteiger partial charge >= 0.3 is 5.97 Å². The predicted molar refractivity (Wildman–Crippen MR) is 106 cm³/mol. The summed E-state index contributed by atoms with van der Waals surface area (Å²) in [5.41, 5.74) is 1.72. The molecule has 2 aliphatic rings. The maximum Gasteiger partial charge on any atom is 0.343 e. The third-order valence-corrected chi connectivity index (χ3v) is 4.94. The molecule has 0 atom stereocenters. The lowest BCUT2D eigenvalue weighted by atomic mass is 10.1. The number of esters is 1. The molecule has 3 nitrogen and oxygen atoms in total. The number of ether oxygens (including phenoxy) is 1. The molecule has 0 fully saturated rings. The highest BCUT2D eigenvalue weighted by Gasteiger charge is 2.16. The molecule has 3 aromatic rings. The van der Waals surface area contributed by atoms with Crippen molar-refractivity contribution in [1.29, 1.82) is 0 Å². The normalized spacial score (nSPS) is 13.9. The van der Waals surface area contributed by atoms with E-state index in [0.29, 0.717) is 11.3 Å². The summed E-state index contributed by atoms with van der Waals surface area (Å²) < 4.78 is 5.71. The molecule has 130 valence electrons. The van der Waals surface area contributed by atoms with E-state index < -0.39 is 0 Å². The third-order valence-electron chi connectivity index (χ3n) is 4.94. The summed E-state index contributed by atoms with van der Waals surface area (Å²) >= 11 is 0.